The molecule has 6 N–H and O–H groups in total. The Hall–Kier alpha value is -3.82. The van der Waals surface area contributed by atoms with Crippen molar-refractivity contribution in [2.24, 2.45) is 11.5 Å². The summed E-state index contributed by atoms with van der Waals surface area (Å²) in [6, 6.07) is 4.62. The number of amides is 2. The van der Waals surface area contributed by atoms with E-state index in [2.05, 4.69) is 30.6 Å². The number of hydrogen-bond donors (Lipinski definition) is 4. The van der Waals surface area contributed by atoms with Crippen LogP contribution in [0.2, 0.25) is 0 Å². The maximum Gasteiger partial charge on any atom is 0.254 e. The van der Waals surface area contributed by atoms with Crippen LogP contribution in [0.1, 0.15) is 17.3 Å². The average Bonchev–Trinajstić information content (AvgIpc) is 2.61. The Kier molecular flexibility index (Phi) is 4.56. The largest absolute Gasteiger partial charge is 0.368 e. The van der Waals surface area contributed by atoms with E-state index in [1.54, 1.807) is 37.5 Å². The van der Waals surface area contributed by atoms with E-state index in [0.29, 0.717) is 11.2 Å². The number of aromatic nitrogens is 4. The molecule has 3 aromatic rings. The molecular formula is C16H16N8O2. The molecule has 2 aromatic heterocycles. The monoisotopic (exact) mass is 352 g/mol. The first kappa shape index (κ1) is 17.0. The van der Waals surface area contributed by atoms with E-state index in [4.69, 9.17) is 11.5 Å². The molecule has 0 bridgehead atoms. The second kappa shape index (κ2) is 6.97. The van der Waals surface area contributed by atoms with E-state index in [1.807, 2.05) is 0 Å². The third-order valence-electron chi connectivity index (χ3n) is 3.56. The number of benzene rings is 1. The van der Waals surface area contributed by atoms with Gasteiger partial charge in [-0.1, -0.05) is 0 Å². The normalized spacial score (nSPS) is 11.7. The molecule has 0 saturated heterocycles. The van der Waals surface area contributed by atoms with Crippen molar-refractivity contribution in [3.05, 3.63) is 42.4 Å². The number of anilines is 3. The molecule has 2 heterocycles. The zero-order valence-corrected chi connectivity index (χ0v) is 13.8. The Morgan fingerprint density at radius 2 is 1.81 bits per heavy atom. The topological polar surface area (TPSA) is 162 Å². The van der Waals surface area contributed by atoms with Gasteiger partial charge in [0.15, 0.2) is 0 Å². The minimum absolute atomic E-state index is 0.0986. The summed E-state index contributed by atoms with van der Waals surface area (Å²) in [5, 5.41) is 5.77. The summed E-state index contributed by atoms with van der Waals surface area (Å²) >= 11 is 0. The molecule has 0 saturated carbocycles. The van der Waals surface area contributed by atoms with E-state index in [-0.39, 0.29) is 17.3 Å². The van der Waals surface area contributed by atoms with Crippen LogP contribution in [-0.4, -0.2) is 37.8 Å². The van der Waals surface area contributed by atoms with Crippen LogP contribution in [0, 0.1) is 0 Å². The van der Waals surface area contributed by atoms with Gasteiger partial charge in [-0.3, -0.25) is 19.6 Å². The van der Waals surface area contributed by atoms with Gasteiger partial charge in [0.25, 0.3) is 5.91 Å². The number of fused-ring (bicyclic) bond motifs is 1. The Labute approximate surface area is 148 Å². The van der Waals surface area contributed by atoms with E-state index >= 15 is 0 Å². The van der Waals surface area contributed by atoms with Crippen LogP contribution < -0.4 is 22.1 Å². The van der Waals surface area contributed by atoms with E-state index < -0.39 is 17.9 Å². The molecule has 1 aromatic carbocycles. The first-order valence-electron chi connectivity index (χ1n) is 7.64. The fraction of sp³-hybridized carbons (Fsp3) is 0.125. The molecule has 0 aliphatic rings. The Bertz CT molecular complexity index is 991. The molecule has 1 atom stereocenters. The van der Waals surface area contributed by atoms with E-state index in [1.165, 1.54) is 6.20 Å². The summed E-state index contributed by atoms with van der Waals surface area (Å²) in [5.74, 6) is -0.933. The molecule has 0 radical (unpaired) electrons. The molecule has 0 aliphatic heterocycles. The van der Waals surface area contributed by atoms with Gasteiger partial charge in [-0.15, -0.1) is 0 Å². The Balaban J connectivity index is 1.95. The first-order chi connectivity index (χ1) is 12.4. The highest BCUT2D eigenvalue weighted by Gasteiger charge is 2.15. The first-order valence-corrected chi connectivity index (χ1v) is 7.64. The van der Waals surface area contributed by atoms with Gasteiger partial charge in [0.05, 0.1) is 11.0 Å². The number of carbonyl (C=O) groups excluding carboxylic acids is 2. The molecule has 3 rings (SSSR count). The molecule has 1 unspecified atom stereocenters. The standard InChI is InChI=1S/C16H16N8O2/c1-8(13(17)25)22-16-21-7-10(14(18)26)15(24-16)23-9-2-3-11-12(6-9)20-5-4-19-11/h2-8H,1H3,(H2,17,25)(H2,18,26)(H2,21,22,23,24). The molecule has 132 valence electrons. The lowest BCUT2D eigenvalue weighted by atomic mass is 10.2. The lowest BCUT2D eigenvalue weighted by Crippen LogP contribution is -2.33. The molecule has 26 heavy (non-hydrogen) atoms. The second-order valence-corrected chi connectivity index (χ2v) is 5.47. The maximum absolute atomic E-state index is 11.7. The highest BCUT2D eigenvalue weighted by Crippen LogP contribution is 2.22. The molecule has 2 amide bonds. The third kappa shape index (κ3) is 3.64. The van der Waals surface area contributed by atoms with E-state index in [9.17, 15) is 9.59 Å². The molecular weight excluding hydrogens is 336 g/mol. The lowest BCUT2D eigenvalue weighted by molar-refractivity contribution is -0.118. The fourth-order valence-corrected chi connectivity index (χ4v) is 2.17. The highest BCUT2D eigenvalue weighted by molar-refractivity contribution is 5.98. The van der Waals surface area contributed by atoms with E-state index in [0.717, 1.165) is 5.52 Å². The number of primary amides is 2. The van der Waals surface area contributed by atoms with Crippen molar-refractivity contribution in [1.82, 2.24) is 19.9 Å². The highest BCUT2D eigenvalue weighted by atomic mass is 16.1. The van der Waals surface area contributed by atoms with Crippen LogP contribution in [0.3, 0.4) is 0 Å². The molecule has 0 fully saturated rings. The van der Waals surface area contributed by atoms with Crippen LogP contribution in [0.25, 0.3) is 11.0 Å². The van der Waals surface area contributed by atoms with Crippen LogP contribution in [0.15, 0.2) is 36.8 Å². The van der Waals surface area contributed by atoms with Crippen molar-refractivity contribution in [2.45, 2.75) is 13.0 Å². The van der Waals surface area contributed by atoms with Crippen LogP contribution in [-0.2, 0) is 4.79 Å². The van der Waals surface area contributed by atoms with Crippen LogP contribution in [0.4, 0.5) is 17.5 Å². The van der Waals surface area contributed by atoms with Crippen molar-refractivity contribution >= 4 is 40.3 Å². The quantitative estimate of drug-likeness (QED) is 0.500. The van der Waals surface area contributed by atoms with Crippen LogP contribution in [0.5, 0.6) is 0 Å². The second-order valence-electron chi connectivity index (χ2n) is 5.47. The van der Waals surface area contributed by atoms with Gasteiger partial charge in [0.1, 0.15) is 17.4 Å². The number of nitrogens with one attached hydrogen (secondary N) is 2. The third-order valence-corrected chi connectivity index (χ3v) is 3.56. The summed E-state index contributed by atoms with van der Waals surface area (Å²) in [4.78, 5) is 39.4. The Morgan fingerprint density at radius 3 is 2.50 bits per heavy atom. The zero-order valence-electron chi connectivity index (χ0n) is 13.8. The number of hydrogen-bond acceptors (Lipinski definition) is 8. The maximum atomic E-state index is 11.7. The van der Waals surface area contributed by atoms with Gasteiger partial charge in [-0.2, -0.15) is 4.98 Å². The van der Waals surface area contributed by atoms with Crippen molar-refractivity contribution in [2.75, 3.05) is 10.6 Å². The number of carbonyl (C=O) groups is 2. The summed E-state index contributed by atoms with van der Waals surface area (Å²) in [5.41, 5.74) is 12.7. The van der Waals surface area contributed by atoms with Crippen molar-refractivity contribution < 1.29 is 9.59 Å². The van der Waals surface area contributed by atoms with Crippen molar-refractivity contribution in [1.29, 1.82) is 0 Å². The number of nitrogens with zero attached hydrogens (tertiary/aromatic N) is 4. The predicted octanol–water partition coefficient (Wildman–Crippen LogP) is 0.548. The molecule has 10 nitrogen and oxygen atoms in total. The minimum atomic E-state index is -0.692. The fourth-order valence-electron chi connectivity index (χ4n) is 2.17. The van der Waals surface area contributed by atoms with Gasteiger partial charge in [0, 0.05) is 24.3 Å². The number of rotatable bonds is 6. The van der Waals surface area contributed by atoms with Gasteiger partial charge in [-0.25, -0.2) is 4.98 Å². The van der Waals surface area contributed by atoms with Crippen molar-refractivity contribution in [3.8, 4) is 0 Å². The summed E-state index contributed by atoms with van der Waals surface area (Å²) in [7, 11) is 0. The summed E-state index contributed by atoms with van der Waals surface area (Å²) < 4.78 is 0. The Morgan fingerprint density at radius 1 is 1.08 bits per heavy atom. The summed E-state index contributed by atoms with van der Waals surface area (Å²) in [6.45, 7) is 1.57. The molecule has 0 aliphatic carbocycles. The minimum Gasteiger partial charge on any atom is -0.368 e. The smallest absolute Gasteiger partial charge is 0.254 e. The van der Waals surface area contributed by atoms with Gasteiger partial charge < -0.3 is 22.1 Å². The molecule has 10 heteroatoms. The number of nitrogens with two attached hydrogens (primary N) is 2. The SMILES string of the molecule is CC(Nc1ncc(C(N)=O)c(Nc2ccc3nccnc3c2)n1)C(N)=O. The molecule has 0 spiro atoms. The van der Waals surface area contributed by atoms with Gasteiger partial charge in [-0.05, 0) is 25.1 Å². The van der Waals surface area contributed by atoms with Crippen LogP contribution >= 0.6 is 0 Å². The summed E-state index contributed by atoms with van der Waals surface area (Å²) in [6.07, 6.45) is 4.45. The van der Waals surface area contributed by atoms with Gasteiger partial charge in [0.2, 0.25) is 11.9 Å². The van der Waals surface area contributed by atoms with Gasteiger partial charge >= 0.3 is 0 Å². The lowest BCUT2D eigenvalue weighted by Gasteiger charge is -2.13. The zero-order chi connectivity index (χ0) is 18.7. The average molecular weight is 352 g/mol. The van der Waals surface area contributed by atoms with Crippen molar-refractivity contribution in [3.63, 3.8) is 0 Å². The predicted molar refractivity (Wildman–Crippen MR) is 95.6 cm³/mol.